The molecule has 1 radical (unpaired) electrons. The molecule has 55 valence electrons. The maximum atomic E-state index is 5.44. The van der Waals surface area contributed by atoms with Crippen LogP contribution in [0.1, 0.15) is 12.8 Å². The highest BCUT2D eigenvalue weighted by Crippen LogP contribution is 2.09. The molecule has 0 unspecified atom stereocenters. The number of methoxy groups -OCH3 is 2. The molecular weight excluding hydrogens is 140 g/mol. The zero-order valence-electron chi connectivity index (χ0n) is 5.82. The lowest BCUT2D eigenvalue weighted by molar-refractivity contribution is -0.00274. The Morgan fingerprint density at radius 3 is 2.22 bits per heavy atom. The molecule has 0 rings (SSSR count). The van der Waals surface area contributed by atoms with E-state index in [1.54, 1.807) is 14.2 Å². The van der Waals surface area contributed by atoms with E-state index in [0.717, 1.165) is 12.8 Å². The molecule has 0 aliphatic rings. The summed E-state index contributed by atoms with van der Waals surface area (Å²) >= 11 is 5.44. The quantitative estimate of drug-likeness (QED) is 0.558. The predicted molar refractivity (Wildman–Crippen MR) is 37.2 cm³/mol. The van der Waals surface area contributed by atoms with Crippen LogP contribution in [0.15, 0.2) is 0 Å². The molecule has 9 heavy (non-hydrogen) atoms. The topological polar surface area (TPSA) is 18.5 Å². The summed E-state index contributed by atoms with van der Waals surface area (Å²) in [5.74, 6) is 0.649. The molecule has 0 aromatic carbocycles. The third-order valence-corrected chi connectivity index (χ3v) is 1.24. The number of rotatable bonds is 5. The summed E-state index contributed by atoms with van der Waals surface area (Å²) in [5.41, 5.74) is 0. The van der Waals surface area contributed by atoms with Gasteiger partial charge in [-0.1, -0.05) is 0 Å². The standard InChI is InChI=1S/C6H12ClO2/c1-8-6(9-2)4-3-5-7/h3-5H2,1-2H3. The molecular formula is C6H12ClO2. The van der Waals surface area contributed by atoms with Gasteiger partial charge in [0.25, 0.3) is 0 Å². The van der Waals surface area contributed by atoms with Gasteiger partial charge in [-0.25, -0.2) is 0 Å². The summed E-state index contributed by atoms with van der Waals surface area (Å²) in [6.45, 7) is 0. The smallest absolute Gasteiger partial charge is 0.223 e. The Morgan fingerprint density at radius 1 is 1.33 bits per heavy atom. The third kappa shape index (κ3) is 4.70. The predicted octanol–water partition coefficient (Wildman–Crippen LogP) is 1.79. The Labute approximate surface area is 61.1 Å². The Balaban J connectivity index is 3.09. The molecule has 0 spiro atoms. The van der Waals surface area contributed by atoms with Crippen molar-refractivity contribution in [2.45, 2.75) is 12.8 Å². The first-order valence-corrected chi connectivity index (χ1v) is 3.38. The first kappa shape index (κ1) is 9.21. The van der Waals surface area contributed by atoms with Crippen molar-refractivity contribution in [3.63, 3.8) is 0 Å². The number of hydrogen-bond acceptors (Lipinski definition) is 2. The van der Waals surface area contributed by atoms with Gasteiger partial charge in [-0.3, -0.25) is 0 Å². The van der Waals surface area contributed by atoms with E-state index in [1.807, 2.05) is 0 Å². The summed E-state index contributed by atoms with van der Waals surface area (Å²) in [5, 5.41) is 0. The lowest BCUT2D eigenvalue weighted by atomic mass is 10.3. The number of alkyl halides is 1. The zero-order chi connectivity index (χ0) is 7.11. The van der Waals surface area contributed by atoms with E-state index < -0.39 is 0 Å². The number of halogens is 1. The van der Waals surface area contributed by atoms with Gasteiger partial charge >= 0.3 is 0 Å². The minimum absolute atomic E-state index is 0.649. The second kappa shape index (κ2) is 6.33. The van der Waals surface area contributed by atoms with E-state index in [4.69, 9.17) is 21.1 Å². The van der Waals surface area contributed by atoms with E-state index in [0.29, 0.717) is 12.2 Å². The van der Waals surface area contributed by atoms with Crippen LogP contribution in [0.3, 0.4) is 0 Å². The van der Waals surface area contributed by atoms with Gasteiger partial charge in [-0.05, 0) is 6.42 Å². The van der Waals surface area contributed by atoms with E-state index in [2.05, 4.69) is 0 Å². The molecule has 0 heterocycles. The van der Waals surface area contributed by atoms with Crippen molar-refractivity contribution >= 4 is 11.6 Å². The number of ether oxygens (including phenoxy) is 2. The average Bonchev–Trinajstić information content (AvgIpc) is 1.91. The van der Waals surface area contributed by atoms with Crippen molar-refractivity contribution in [1.29, 1.82) is 0 Å². The zero-order valence-corrected chi connectivity index (χ0v) is 6.57. The molecule has 0 N–H and O–H groups in total. The molecule has 0 aliphatic carbocycles. The lowest BCUT2D eigenvalue weighted by Gasteiger charge is -2.08. The van der Waals surface area contributed by atoms with Crippen LogP contribution in [0.4, 0.5) is 0 Å². The Bertz CT molecular complexity index is 55.0. The maximum absolute atomic E-state index is 5.44. The van der Waals surface area contributed by atoms with Gasteiger partial charge in [0.15, 0.2) is 0 Å². The highest BCUT2D eigenvalue weighted by atomic mass is 35.5. The van der Waals surface area contributed by atoms with Gasteiger partial charge in [-0.2, -0.15) is 0 Å². The van der Waals surface area contributed by atoms with Crippen LogP contribution in [0.25, 0.3) is 0 Å². The molecule has 0 fully saturated rings. The monoisotopic (exact) mass is 151 g/mol. The molecule has 0 amide bonds. The number of hydrogen-bond donors (Lipinski definition) is 0. The van der Waals surface area contributed by atoms with Gasteiger partial charge in [0.05, 0.1) is 0 Å². The molecule has 0 aromatic heterocycles. The van der Waals surface area contributed by atoms with E-state index >= 15 is 0 Å². The second-order valence-corrected chi connectivity index (χ2v) is 1.95. The summed E-state index contributed by atoms with van der Waals surface area (Å²) in [6, 6.07) is 0. The molecule has 0 bridgehead atoms. The molecule has 0 saturated carbocycles. The van der Waals surface area contributed by atoms with Crippen molar-refractivity contribution in [3.8, 4) is 0 Å². The molecule has 0 aliphatic heterocycles. The Hall–Kier alpha value is 0.210. The van der Waals surface area contributed by atoms with Crippen molar-refractivity contribution < 1.29 is 9.47 Å². The van der Waals surface area contributed by atoms with Crippen LogP contribution in [0, 0.1) is 6.29 Å². The van der Waals surface area contributed by atoms with Crippen molar-refractivity contribution in [2.24, 2.45) is 0 Å². The average molecular weight is 152 g/mol. The van der Waals surface area contributed by atoms with Gasteiger partial charge in [0.2, 0.25) is 6.29 Å². The molecule has 0 atom stereocenters. The Morgan fingerprint density at radius 2 is 1.89 bits per heavy atom. The van der Waals surface area contributed by atoms with Crippen molar-refractivity contribution in [1.82, 2.24) is 0 Å². The molecule has 2 nitrogen and oxygen atoms in total. The van der Waals surface area contributed by atoms with E-state index in [-0.39, 0.29) is 0 Å². The highest BCUT2D eigenvalue weighted by molar-refractivity contribution is 6.17. The van der Waals surface area contributed by atoms with Crippen LogP contribution < -0.4 is 0 Å². The lowest BCUT2D eigenvalue weighted by Crippen LogP contribution is -2.02. The van der Waals surface area contributed by atoms with E-state index in [1.165, 1.54) is 0 Å². The van der Waals surface area contributed by atoms with Crippen LogP contribution in [-0.4, -0.2) is 20.1 Å². The molecule has 0 aromatic rings. The highest BCUT2D eigenvalue weighted by Gasteiger charge is 2.04. The first-order valence-electron chi connectivity index (χ1n) is 2.85. The van der Waals surface area contributed by atoms with Crippen molar-refractivity contribution in [2.75, 3.05) is 20.1 Å². The summed E-state index contributed by atoms with van der Waals surface area (Å²) in [6.07, 6.45) is 2.34. The van der Waals surface area contributed by atoms with Gasteiger partial charge in [0.1, 0.15) is 0 Å². The van der Waals surface area contributed by atoms with Crippen LogP contribution in [0.2, 0.25) is 0 Å². The fourth-order valence-corrected chi connectivity index (χ4v) is 0.632. The summed E-state index contributed by atoms with van der Waals surface area (Å²) < 4.78 is 9.67. The minimum atomic E-state index is 0.649. The van der Waals surface area contributed by atoms with Crippen LogP contribution in [0.5, 0.6) is 0 Å². The van der Waals surface area contributed by atoms with Crippen molar-refractivity contribution in [3.05, 3.63) is 6.29 Å². The first-order chi connectivity index (χ1) is 4.35. The van der Waals surface area contributed by atoms with Gasteiger partial charge < -0.3 is 9.47 Å². The third-order valence-electron chi connectivity index (χ3n) is 0.970. The largest absolute Gasteiger partial charge is 0.349 e. The maximum Gasteiger partial charge on any atom is 0.223 e. The van der Waals surface area contributed by atoms with E-state index in [9.17, 15) is 0 Å². The molecule has 3 heteroatoms. The summed E-state index contributed by atoms with van der Waals surface area (Å²) in [7, 11) is 3.18. The molecule has 0 saturated heterocycles. The van der Waals surface area contributed by atoms with Crippen LogP contribution >= 0.6 is 11.6 Å². The van der Waals surface area contributed by atoms with Gasteiger partial charge in [0, 0.05) is 26.5 Å². The normalized spacial score (nSPS) is 10.7. The second-order valence-electron chi connectivity index (χ2n) is 1.57. The fourth-order valence-electron chi connectivity index (χ4n) is 0.499. The SMILES string of the molecule is CO[C](CCCCl)OC. The Kier molecular flexibility index (Phi) is 6.48. The van der Waals surface area contributed by atoms with Gasteiger partial charge in [-0.15, -0.1) is 11.6 Å². The van der Waals surface area contributed by atoms with Crippen LogP contribution in [-0.2, 0) is 9.47 Å². The fraction of sp³-hybridized carbons (Fsp3) is 0.833. The summed E-state index contributed by atoms with van der Waals surface area (Å²) in [4.78, 5) is 0. The minimum Gasteiger partial charge on any atom is -0.349 e.